The van der Waals surface area contributed by atoms with E-state index in [-0.39, 0.29) is 36.3 Å². The maximum atomic E-state index is 14.6. The molecule has 8 nitrogen and oxygen atoms in total. The fraction of sp³-hybridized carbons (Fsp3) is 0.606. The second kappa shape index (κ2) is 12.1. The predicted octanol–water partition coefficient (Wildman–Crippen LogP) is 3.80. The van der Waals surface area contributed by atoms with E-state index in [1.54, 1.807) is 26.9 Å². The first-order valence-corrected chi connectivity index (χ1v) is 14.9. The molecule has 1 N–H and O–H groups in total. The van der Waals surface area contributed by atoms with E-state index in [0.717, 1.165) is 5.56 Å². The fourth-order valence-corrected chi connectivity index (χ4v) is 7.47. The summed E-state index contributed by atoms with van der Waals surface area (Å²) >= 11 is 0. The third kappa shape index (κ3) is 5.37. The summed E-state index contributed by atoms with van der Waals surface area (Å²) in [5.41, 5.74) is -1.05. The summed E-state index contributed by atoms with van der Waals surface area (Å²) < 4.78 is 6.83. The average molecular weight is 566 g/mol. The molecular formula is C33H47N3O5. The van der Waals surface area contributed by atoms with Crippen molar-refractivity contribution in [2.75, 3.05) is 19.7 Å². The summed E-state index contributed by atoms with van der Waals surface area (Å²) in [4.78, 5) is 48.5. The zero-order chi connectivity index (χ0) is 30.1. The van der Waals surface area contributed by atoms with Gasteiger partial charge in [-0.05, 0) is 51.5 Å². The number of benzene rings is 1. The molecule has 0 aromatic heterocycles. The number of carbonyl (C=O) groups excluding carboxylic acids is 3. The van der Waals surface area contributed by atoms with Crippen LogP contribution >= 0.6 is 0 Å². The molecule has 3 aliphatic heterocycles. The van der Waals surface area contributed by atoms with Crippen LogP contribution in [0.25, 0.3) is 0 Å². The minimum atomic E-state index is -1.14. The first kappa shape index (κ1) is 31.0. The van der Waals surface area contributed by atoms with Crippen LogP contribution < -0.4 is 0 Å². The summed E-state index contributed by atoms with van der Waals surface area (Å²) in [7, 11) is 0. The zero-order valence-electron chi connectivity index (χ0n) is 25.3. The van der Waals surface area contributed by atoms with E-state index in [1.165, 1.54) is 0 Å². The van der Waals surface area contributed by atoms with Gasteiger partial charge in [0.05, 0.1) is 30.1 Å². The molecule has 41 heavy (non-hydrogen) atoms. The Morgan fingerprint density at radius 2 is 1.76 bits per heavy atom. The van der Waals surface area contributed by atoms with Crippen molar-refractivity contribution in [3.8, 4) is 0 Å². The van der Waals surface area contributed by atoms with Gasteiger partial charge in [0.2, 0.25) is 17.7 Å². The van der Waals surface area contributed by atoms with Gasteiger partial charge in [-0.25, -0.2) is 0 Å². The van der Waals surface area contributed by atoms with Crippen LogP contribution in [-0.2, 0) is 25.7 Å². The Bertz CT molecular complexity index is 1150. The average Bonchev–Trinajstić information content (AvgIpc) is 3.50. The SMILES string of the molecule is C=CCN(Cc1ccccc1)C(=O)[C@H]1[C@H]2C(=O)N([C@@H](CO)CC(C)C)C(C(=O)N(CC=C)C(C)C)C23CC[C@]1(C)O3. The number of nitrogens with zero attached hydrogens (tertiary/aromatic N) is 3. The molecule has 6 atom stereocenters. The summed E-state index contributed by atoms with van der Waals surface area (Å²) in [5.74, 6) is -2.04. The third-order valence-corrected chi connectivity index (χ3v) is 9.17. The van der Waals surface area contributed by atoms with Gasteiger partial charge in [-0.1, -0.05) is 56.3 Å². The Balaban J connectivity index is 1.80. The van der Waals surface area contributed by atoms with Crippen LogP contribution in [0.4, 0.5) is 0 Å². The number of hydrogen-bond acceptors (Lipinski definition) is 5. The van der Waals surface area contributed by atoms with Crippen molar-refractivity contribution in [1.29, 1.82) is 0 Å². The van der Waals surface area contributed by atoms with Crippen molar-refractivity contribution >= 4 is 17.7 Å². The number of aliphatic hydroxyl groups excluding tert-OH is 1. The lowest BCUT2D eigenvalue weighted by Crippen LogP contribution is -2.60. The Labute approximate surface area is 245 Å². The van der Waals surface area contributed by atoms with Crippen molar-refractivity contribution in [2.24, 2.45) is 17.8 Å². The number of aliphatic hydroxyl groups is 1. The minimum absolute atomic E-state index is 0.133. The molecule has 4 rings (SSSR count). The number of fused-ring (bicyclic) bond motifs is 1. The number of amides is 3. The molecule has 0 radical (unpaired) electrons. The van der Waals surface area contributed by atoms with Gasteiger partial charge < -0.3 is 24.5 Å². The molecule has 8 heteroatoms. The van der Waals surface area contributed by atoms with Gasteiger partial charge in [-0.3, -0.25) is 14.4 Å². The predicted molar refractivity (Wildman–Crippen MR) is 158 cm³/mol. The normalized spacial score (nSPS) is 29.1. The van der Waals surface area contributed by atoms with Gasteiger partial charge in [-0.2, -0.15) is 0 Å². The molecule has 0 saturated carbocycles. The second-order valence-corrected chi connectivity index (χ2v) is 12.8. The number of ether oxygens (including phenoxy) is 1. The van der Waals surface area contributed by atoms with Crippen LogP contribution in [0.2, 0.25) is 0 Å². The quantitative estimate of drug-likeness (QED) is 0.368. The highest BCUT2D eigenvalue weighted by atomic mass is 16.5. The summed E-state index contributed by atoms with van der Waals surface area (Å²) in [5, 5.41) is 10.5. The van der Waals surface area contributed by atoms with E-state index < -0.39 is 35.1 Å². The van der Waals surface area contributed by atoms with Crippen LogP contribution in [0, 0.1) is 17.8 Å². The fourth-order valence-electron chi connectivity index (χ4n) is 7.47. The highest BCUT2D eigenvalue weighted by molar-refractivity contribution is 5.99. The number of carbonyl (C=O) groups is 3. The van der Waals surface area contributed by atoms with Crippen LogP contribution in [-0.4, -0.2) is 86.6 Å². The van der Waals surface area contributed by atoms with Crippen molar-refractivity contribution in [1.82, 2.24) is 14.7 Å². The Hall–Kier alpha value is -2.97. The smallest absolute Gasteiger partial charge is 0.248 e. The number of rotatable bonds is 13. The highest BCUT2D eigenvalue weighted by Crippen LogP contribution is 2.64. The van der Waals surface area contributed by atoms with Crippen LogP contribution in [0.1, 0.15) is 59.4 Å². The lowest BCUT2D eigenvalue weighted by atomic mass is 9.66. The van der Waals surface area contributed by atoms with Gasteiger partial charge in [-0.15, -0.1) is 13.2 Å². The molecule has 3 saturated heterocycles. The first-order valence-electron chi connectivity index (χ1n) is 14.9. The molecule has 3 fully saturated rings. The zero-order valence-corrected chi connectivity index (χ0v) is 25.3. The maximum absolute atomic E-state index is 14.6. The minimum Gasteiger partial charge on any atom is -0.394 e. The second-order valence-electron chi connectivity index (χ2n) is 12.8. The molecule has 0 aliphatic carbocycles. The molecule has 2 unspecified atom stereocenters. The molecule has 3 aliphatic rings. The Morgan fingerprint density at radius 3 is 2.32 bits per heavy atom. The van der Waals surface area contributed by atoms with Crippen molar-refractivity contribution in [3.05, 3.63) is 61.2 Å². The number of hydrogen-bond donors (Lipinski definition) is 1. The van der Waals surface area contributed by atoms with E-state index in [2.05, 4.69) is 13.2 Å². The van der Waals surface area contributed by atoms with Crippen molar-refractivity contribution in [2.45, 2.75) is 89.8 Å². The summed E-state index contributed by atoms with van der Waals surface area (Å²) in [6, 6.07) is 8.12. The van der Waals surface area contributed by atoms with Gasteiger partial charge in [0.25, 0.3) is 0 Å². The molecule has 2 bridgehead atoms. The lowest BCUT2D eigenvalue weighted by molar-refractivity contribution is -0.157. The van der Waals surface area contributed by atoms with Crippen LogP contribution in [0.5, 0.6) is 0 Å². The van der Waals surface area contributed by atoms with Crippen LogP contribution in [0.15, 0.2) is 55.6 Å². The molecule has 3 amide bonds. The molecular weight excluding hydrogens is 518 g/mol. The van der Waals surface area contributed by atoms with E-state index in [1.807, 2.05) is 65.0 Å². The lowest BCUT2D eigenvalue weighted by Gasteiger charge is -2.40. The largest absolute Gasteiger partial charge is 0.394 e. The van der Waals surface area contributed by atoms with E-state index in [4.69, 9.17) is 4.74 Å². The monoisotopic (exact) mass is 565 g/mol. The topological polar surface area (TPSA) is 90.4 Å². The van der Waals surface area contributed by atoms with Crippen molar-refractivity contribution in [3.63, 3.8) is 0 Å². The Kier molecular flexibility index (Phi) is 9.14. The van der Waals surface area contributed by atoms with Crippen molar-refractivity contribution < 1.29 is 24.2 Å². The third-order valence-electron chi connectivity index (χ3n) is 9.17. The molecule has 3 heterocycles. The first-order chi connectivity index (χ1) is 19.5. The van der Waals surface area contributed by atoms with E-state index in [0.29, 0.717) is 38.9 Å². The number of likely N-dealkylation sites (tertiary alicyclic amines) is 1. The van der Waals surface area contributed by atoms with Gasteiger partial charge >= 0.3 is 0 Å². The van der Waals surface area contributed by atoms with Gasteiger partial charge in [0.1, 0.15) is 11.6 Å². The molecule has 1 aromatic carbocycles. The molecule has 1 spiro atoms. The molecule has 1 aromatic rings. The maximum Gasteiger partial charge on any atom is 0.248 e. The highest BCUT2D eigenvalue weighted by Gasteiger charge is 2.78. The standard InChI is InChI=1S/C33H47N3O5/c1-8-17-34(20-24-13-11-10-12-14-24)29(38)26-27-30(39)36(25(21-37)19-22(3)4)28(31(40)35(18-9-2)23(5)6)33(27)16-15-32(26,7)41-33/h8-14,22-23,25-28,37H,1-2,15-21H2,3-7H3/t25-,26-,27+,28?,32+,33?/m1/s1. The van der Waals surface area contributed by atoms with E-state index >= 15 is 0 Å². The Morgan fingerprint density at radius 1 is 1.10 bits per heavy atom. The summed E-state index contributed by atoms with van der Waals surface area (Å²) in [6.45, 7) is 18.3. The molecule has 224 valence electrons. The summed E-state index contributed by atoms with van der Waals surface area (Å²) in [6.07, 6.45) is 4.97. The van der Waals surface area contributed by atoms with Gasteiger partial charge in [0, 0.05) is 25.7 Å². The van der Waals surface area contributed by atoms with Gasteiger partial charge in [0.15, 0.2) is 0 Å². The van der Waals surface area contributed by atoms with E-state index in [9.17, 15) is 19.5 Å². The van der Waals surface area contributed by atoms with Crippen LogP contribution in [0.3, 0.4) is 0 Å².